The maximum absolute atomic E-state index is 13.7. The molecule has 3 aromatic rings. The van der Waals surface area contributed by atoms with Gasteiger partial charge in [0.1, 0.15) is 18.2 Å². The maximum atomic E-state index is 13.7. The van der Waals surface area contributed by atoms with Crippen molar-refractivity contribution in [2.24, 2.45) is 0 Å². The van der Waals surface area contributed by atoms with Crippen LogP contribution < -0.4 is 10.2 Å². The monoisotopic (exact) mass is 516 g/mol. The number of fused-ring (bicyclic) bond motifs is 1. The van der Waals surface area contributed by atoms with Gasteiger partial charge in [0.15, 0.2) is 0 Å². The van der Waals surface area contributed by atoms with Crippen LogP contribution in [-0.2, 0) is 19.7 Å². The Morgan fingerprint density at radius 3 is 2.63 bits per heavy atom. The van der Waals surface area contributed by atoms with E-state index in [9.17, 15) is 14.0 Å². The average molecular weight is 517 g/mol. The zero-order valence-corrected chi connectivity index (χ0v) is 21.8. The molecule has 0 saturated carbocycles. The highest BCUT2D eigenvalue weighted by molar-refractivity contribution is 8.00. The van der Waals surface area contributed by atoms with Crippen LogP contribution >= 0.6 is 23.1 Å². The van der Waals surface area contributed by atoms with Gasteiger partial charge < -0.3 is 10.1 Å². The minimum absolute atomic E-state index is 0.134. The molecule has 3 heterocycles. The summed E-state index contributed by atoms with van der Waals surface area (Å²) in [5.41, 5.74) is 3.10. The molecule has 0 spiro atoms. The zero-order valence-electron chi connectivity index (χ0n) is 20.2. The van der Waals surface area contributed by atoms with Gasteiger partial charge >= 0.3 is 0 Å². The Bertz CT molecular complexity index is 1190. The summed E-state index contributed by atoms with van der Waals surface area (Å²) in [5, 5.41) is 11.7. The van der Waals surface area contributed by atoms with Crippen molar-refractivity contribution in [2.75, 3.05) is 37.5 Å². The summed E-state index contributed by atoms with van der Waals surface area (Å²) in [4.78, 5) is 27.8. The lowest BCUT2D eigenvalue weighted by Gasteiger charge is -2.24. The second-order valence-corrected chi connectivity index (χ2v) is 11.2. The third-order valence-electron chi connectivity index (χ3n) is 5.65. The number of amides is 2. The molecule has 1 unspecified atom stereocenters. The van der Waals surface area contributed by atoms with Crippen molar-refractivity contribution in [3.8, 4) is 5.69 Å². The zero-order chi connectivity index (χ0) is 25.2. The SMILES string of the molecule is COCCNC(=O)CN1C(=O)CSC(c2ccsc2)c2c(C(C)(C)C)nn(-c3ccc(F)cc3)c21. The molecule has 2 aromatic heterocycles. The Morgan fingerprint density at radius 1 is 1.26 bits per heavy atom. The molecule has 4 rings (SSSR count). The van der Waals surface area contributed by atoms with Crippen molar-refractivity contribution in [2.45, 2.75) is 31.4 Å². The molecule has 35 heavy (non-hydrogen) atoms. The van der Waals surface area contributed by atoms with Crippen molar-refractivity contribution >= 4 is 40.7 Å². The number of hydrogen-bond acceptors (Lipinski definition) is 6. The number of carbonyl (C=O) groups excluding carboxylic acids is 2. The second-order valence-electron chi connectivity index (χ2n) is 9.29. The van der Waals surface area contributed by atoms with Gasteiger partial charge in [-0.15, -0.1) is 11.8 Å². The third kappa shape index (κ3) is 5.44. The first-order valence-electron chi connectivity index (χ1n) is 11.3. The first kappa shape index (κ1) is 25.4. The van der Waals surface area contributed by atoms with Gasteiger partial charge in [0.2, 0.25) is 11.8 Å². The Hall–Kier alpha value is -2.69. The third-order valence-corrected chi connectivity index (χ3v) is 7.60. The number of nitrogens with zero attached hydrogens (tertiary/aromatic N) is 3. The number of nitrogens with one attached hydrogen (secondary N) is 1. The van der Waals surface area contributed by atoms with Gasteiger partial charge in [-0.2, -0.15) is 16.4 Å². The Labute approximate surface area is 212 Å². The molecule has 1 aliphatic heterocycles. The molecule has 1 atom stereocenters. The molecule has 186 valence electrons. The van der Waals surface area contributed by atoms with Gasteiger partial charge in [0.25, 0.3) is 0 Å². The highest BCUT2D eigenvalue weighted by Gasteiger charge is 2.40. The van der Waals surface area contributed by atoms with Crippen LogP contribution in [0.4, 0.5) is 10.2 Å². The first-order valence-corrected chi connectivity index (χ1v) is 13.3. The highest BCUT2D eigenvalue weighted by atomic mass is 32.2. The van der Waals surface area contributed by atoms with E-state index in [0.717, 1.165) is 16.8 Å². The number of benzene rings is 1. The van der Waals surface area contributed by atoms with Gasteiger partial charge in [-0.25, -0.2) is 9.07 Å². The number of methoxy groups -OCH3 is 1. The Morgan fingerprint density at radius 2 is 2.00 bits per heavy atom. The quantitative estimate of drug-likeness (QED) is 0.474. The molecule has 0 fully saturated rings. The standard InChI is InChI=1S/C25H29FN4O3S2/c1-25(2,3)23-21-22(16-9-12-34-14-16)35-15-20(32)29(13-19(31)27-10-11-33-4)24(21)30(28-23)18-7-5-17(26)6-8-18/h5-9,12,14,22H,10-11,13,15H2,1-4H3,(H,27,31). The summed E-state index contributed by atoms with van der Waals surface area (Å²) < 4.78 is 20.4. The lowest BCUT2D eigenvalue weighted by Crippen LogP contribution is -2.43. The molecule has 0 bridgehead atoms. The van der Waals surface area contributed by atoms with Crippen molar-refractivity contribution in [3.63, 3.8) is 0 Å². The lowest BCUT2D eigenvalue weighted by atomic mass is 9.87. The van der Waals surface area contributed by atoms with Crippen molar-refractivity contribution in [1.29, 1.82) is 0 Å². The summed E-state index contributed by atoms with van der Waals surface area (Å²) >= 11 is 3.14. The number of halogens is 1. The van der Waals surface area contributed by atoms with Gasteiger partial charge in [0.05, 0.1) is 29.0 Å². The van der Waals surface area contributed by atoms with Crippen molar-refractivity contribution < 1.29 is 18.7 Å². The molecule has 1 aliphatic rings. The number of thioether (sulfide) groups is 1. The molecule has 1 aromatic carbocycles. The number of hydrogen-bond donors (Lipinski definition) is 1. The van der Waals surface area contributed by atoms with Gasteiger partial charge in [-0.1, -0.05) is 20.8 Å². The van der Waals surface area contributed by atoms with E-state index < -0.39 is 0 Å². The Kier molecular flexibility index (Phi) is 7.63. The van der Waals surface area contributed by atoms with E-state index in [4.69, 9.17) is 9.84 Å². The van der Waals surface area contributed by atoms with E-state index in [1.165, 1.54) is 28.8 Å². The minimum atomic E-state index is -0.361. The van der Waals surface area contributed by atoms with E-state index in [0.29, 0.717) is 24.7 Å². The fraction of sp³-hybridized carbons (Fsp3) is 0.400. The number of anilines is 1. The van der Waals surface area contributed by atoms with E-state index in [2.05, 4.69) is 37.5 Å². The Balaban J connectivity index is 1.92. The molecule has 2 amide bonds. The van der Waals surface area contributed by atoms with Crippen molar-refractivity contribution in [3.05, 3.63) is 63.7 Å². The van der Waals surface area contributed by atoms with Crippen LogP contribution in [0.15, 0.2) is 41.1 Å². The largest absolute Gasteiger partial charge is 0.383 e. The summed E-state index contributed by atoms with van der Waals surface area (Å²) in [6, 6.07) is 8.06. The first-order chi connectivity index (χ1) is 16.7. The maximum Gasteiger partial charge on any atom is 0.240 e. The van der Waals surface area contributed by atoms with E-state index in [1.807, 2.05) is 5.38 Å². The van der Waals surface area contributed by atoms with Crippen LogP contribution in [0.1, 0.15) is 42.8 Å². The molecular formula is C25H29FN4O3S2. The molecule has 10 heteroatoms. The average Bonchev–Trinajstić information content (AvgIpc) is 3.45. The summed E-state index contributed by atoms with van der Waals surface area (Å²) in [6.07, 6.45) is 0. The summed E-state index contributed by atoms with van der Waals surface area (Å²) in [6.45, 7) is 6.81. The van der Waals surface area contributed by atoms with Crippen LogP contribution in [0.25, 0.3) is 5.69 Å². The molecule has 0 saturated heterocycles. The number of ether oxygens (including phenoxy) is 1. The topological polar surface area (TPSA) is 76.5 Å². The van der Waals surface area contributed by atoms with Gasteiger partial charge in [-0.3, -0.25) is 14.5 Å². The molecular weight excluding hydrogens is 487 g/mol. The predicted molar refractivity (Wildman–Crippen MR) is 138 cm³/mol. The van der Waals surface area contributed by atoms with Gasteiger partial charge in [-0.05, 0) is 46.7 Å². The van der Waals surface area contributed by atoms with E-state index >= 15 is 0 Å². The molecule has 7 nitrogen and oxygen atoms in total. The van der Waals surface area contributed by atoms with Crippen LogP contribution in [0.5, 0.6) is 0 Å². The smallest absolute Gasteiger partial charge is 0.240 e. The van der Waals surface area contributed by atoms with Crippen LogP contribution in [0, 0.1) is 5.82 Å². The number of aromatic nitrogens is 2. The number of rotatable bonds is 7. The number of carbonyl (C=O) groups is 2. The highest BCUT2D eigenvalue weighted by Crippen LogP contribution is 2.48. The second kappa shape index (κ2) is 10.5. The van der Waals surface area contributed by atoms with Gasteiger partial charge in [0, 0.05) is 24.6 Å². The molecule has 0 radical (unpaired) electrons. The normalized spacial score (nSPS) is 16.2. The minimum Gasteiger partial charge on any atom is -0.383 e. The fourth-order valence-electron chi connectivity index (χ4n) is 4.01. The van der Waals surface area contributed by atoms with Crippen LogP contribution in [-0.4, -0.2) is 54.2 Å². The lowest BCUT2D eigenvalue weighted by molar-refractivity contribution is -0.123. The van der Waals surface area contributed by atoms with Crippen LogP contribution in [0.3, 0.4) is 0 Å². The predicted octanol–water partition coefficient (Wildman–Crippen LogP) is 4.30. The summed E-state index contributed by atoms with van der Waals surface area (Å²) in [5.74, 6) is -0.0630. The van der Waals surface area contributed by atoms with Crippen molar-refractivity contribution in [1.82, 2.24) is 15.1 Å². The fourth-order valence-corrected chi connectivity index (χ4v) is 5.97. The van der Waals surface area contributed by atoms with E-state index in [1.54, 1.807) is 35.3 Å². The van der Waals surface area contributed by atoms with E-state index in [-0.39, 0.29) is 40.6 Å². The summed E-state index contributed by atoms with van der Waals surface area (Å²) in [7, 11) is 1.56. The number of thiophene rings is 1. The molecule has 1 N–H and O–H groups in total. The van der Waals surface area contributed by atoms with Crippen LogP contribution in [0.2, 0.25) is 0 Å². The molecule has 0 aliphatic carbocycles.